The Morgan fingerprint density at radius 3 is 2.63 bits per heavy atom. The molecule has 0 radical (unpaired) electrons. The number of nitrogens with one attached hydrogen (secondary N) is 2. The second-order valence-corrected chi connectivity index (χ2v) is 5.38. The van der Waals surface area contributed by atoms with Gasteiger partial charge in [0.15, 0.2) is 5.69 Å². The van der Waals surface area contributed by atoms with Crippen molar-refractivity contribution >= 4 is 11.6 Å². The van der Waals surface area contributed by atoms with Crippen molar-refractivity contribution in [2.45, 2.75) is 26.2 Å². The molecule has 2 N–H and O–H groups in total. The third-order valence-electron chi connectivity index (χ3n) is 2.70. The molecule has 2 rings (SSSR count). The Bertz CT molecular complexity index is 599. The lowest BCUT2D eigenvalue weighted by Crippen LogP contribution is -2.13. The minimum atomic E-state index is -0.393. The molecule has 4 nitrogen and oxygen atoms in total. The number of rotatable bonds is 2. The van der Waals surface area contributed by atoms with Gasteiger partial charge in [-0.3, -0.25) is 9.89 Å². The summed E-state index contributed by atoms with van der Waals surface area (Å²) in [5.41, 5.74) is 1.46. The van der Waals surface area contributed by atoms with E-state index in [1.807, 2.05) is 20.8 Å². The van der Waals surface area contributed by atoms with Gasteiger partial charge >= 0.3 is 0 Å². The molecule has 0 fully saturated rings. The number of aromatic nitrogens is 2. The zero-order valence-electron chi connectivity index (χ0n) is 11.1. The van der Waals surface area contributed by atoms with Crippen molar-refractivity contribution in [3.8, 4) is 0 Å². The van der Waals surface area contributed by atoms with Crippen LogP contribution in [0.1, 0.15) is 37.0 Å². The number of aromatic amines is 1. The van der Waals surface area contributed by atoms with E-state index in [4.69, 9.17) is 0 Å². The summed E-state index contributed by atoms with van der Waals surface area (Å²) in [6.45, 7) is 6.07. The quantitative estimate of drug-likeness (QED) is 0.872. The molecule has 5 heteroatoms. The van der Waals surface area contributed by atoms with E-state index in [1.54, 1.807) is 12.1 Å². The Kier molecular flexibility index (Phi) is 3.38. The highest BCUT2D eigenvalue weighted by atomic mass is 19.1. The van der Waals surface area contributed by atoms with Crippen LogP contribution in [0.15, 0.2) is 30.3 Å². The largest absolute Gasteiger partial charge is 0.320 e. The maximum Gasteiger partial charge on any atom is 0.276 e. The summed E-state index contributed by atoms with van der Waals surface area (Å²) in [7, 11) is 0. The molecule has 0 aliphatic rings. The lowest BCUT2D eigenvalue weighted by Gasteiger charge is -2.14. The van der Waals surface area contributed by atoms with Gasteiger partial charge in [-0.15, -0.1) is 0 Å². The van der Waals surface area contributed by atoms with Crippen LogP contribution in [0.4, 0.5) is 10.1 Å². The van der Waals surface area contributed by atoms with E-state index in [2.05, 4.69) is 15.5 Å². The van der Waals surface area contributed by atoms with Crippen molar-refractivity contribution in [2.75, 3.05) is 5.32 Å². The SMILES string of the molecule is CC(C)(C)c1cc(C(=O)Nc2cccc(F)c2)n[nH]1. The number of nitrogens with zero attached hydrogens (tertiary/aromatic N) is 1. The second-order valence-electron chi connectivity index (χ2n) is 5.38. The minimum absolute atomic E-state index is 0.107. The third-order valence-corrected chi connectivity index (χ3v) is 2.70. The molecular weight excluding hydrogens is 245 g/mol. The van der Waals surface area contributed by atoms with Crippen LogP contribution in [-0.2, 0) is 5.41 Å². The van der Waals surface area contributed by atoms with E-state index in [1.165, 1.54) is 18.2 Å². The Morgan fingerprint density at radius 2 is 2.05 bits per heavy atom. The van der Waals surface area contributed by atoms with Crippen molar-refractivity contribution in [1.82, 2.24) is 10.2 Å². The summed E-state index contributed by atoms with van der Waals surface area (Å²) >= 11 is 0. The first-order valence-electron chi connectivity index (χ1n) is 5.99. The van der Waals surface area contributed by atoms with Gasteiger partial charge < -0.3 is 5.32 Å². The number of benzene rings is 1. The Hall–Kier alpha value is -2.17. The molecule has 0 spiro atoms. The summed E-state index contributed by atoms with van der Waals surface area (Å²) in [5.74, 6) is -0.757. The molecule has 0 aliphatic carbocycles. The van der Waals surface area contributed by atoms with Crippen LogP contribution in [0.2, 0.25) is 0 Å². The van der Waals surface area contributed by atoms with Crippen molar-refractivity contribution in [2.24, 2.45) is 0 Å². The minimum Gasteiger partial charge on any atom is -0.320 e. The van der Waals surface area contributed by atoms with E-state index < -0.39 is 5.82 Å². The summed E-state index contributed by atoms with van der Waals surface area (Å²) in [4.78, 5) is 11.9. The Labute approximate surface area is 111 Å². The van der Waals surface area contributed by atoms with E-state index in [0.29, 0.717) is 5.69 Å². The number of anilines is 1. The van der Waals surface area contributed by atoms with E-state index >= 15 is 0 Å². The summed E-state index contributed by atoms with van der Waals surface area (Å²) in [6.07, 6.45) is 0. The lowest BCUT2D eigenvalue weighted by atomic mass is 9.92. The monoisotopic (exact) mass is 261 g/mol. The van der Waals surface area contributed by atoms with Gasteiger partial charge in [0.05, 0.1) is 0 Å². The summed E-state index contributed by atoms with van der Waals surface area (Å²) < 4.78 is 13.0. The van der Waals surface area contributed by atoms with Crippen LogP contribution in [0.3, 0.4) is 0 Å². The molecule has 1 aromatic carbocycles. The second kappa shape index (κ2) is 4.84. The van der Waals surface area contributed by atoms with Gasteiger partial charge in [0.25, 0.3) is 5.91 Å². The number of H-pyrrole nitrogens is 1. The fourth-order valence-corrected chi connectivity index (χ4v) is 1.58. The molecule has 0 aliphatic heterocycles. The number of hydrogen-bond acceptors (Lipinski definition) is 2. The molecule has 0 saturated carbocycles. The van der Waals surface area contributed by atoms with Crippen molar-refractivity contribution < 1.29 is 9.18 Å². The molecule has 2 aromatic rings. The van der Waals surface area contributed by atoms with E-state index in [-0.39, 0.29) is 17.0 Å². The van der Waals surface area contributed by atoms with Crippen molar-refractivity contribution in [3.63, 3.8) is 0 Å². The summed E-state index contributed by atoms with van der Waals surface area (Å²) in [5, 5.41) is 9.41. The third kappa shape index (κ3) is 3.19. The molecule has 1 amide bonds. The highest BCUT2D eigenvalue weighted by Crippen LogP contribution is 2.20. The smallest absolute Gasteiger partial charge is 0.276 e. The van der Waals surface area contributed by atoms with Gasteiger partial charge in [-0.1, -0.05) is 26.8 Å². The maximum absolute atomic E-state index is 13.0. The molecule has 1 heterocycles. The molecule has 0 unspecified atom stereocenters. The van der Waals surface area contributed by atoms with Crippen LogP contribution in [0, 0.1) is 5.82 Å². The van der Waals surface area contributed by atoms with Gasteiger partial charge in [0, 0.05) is 16.8 Å². The molecule has 0 bridgehead atoms. The molecular formula is C14H16FN3O. The molecule has 1 aromatic heterocycles. The number of carbonyl (C=O) groups is 1. The van der Waals surface area contributed by atoms with Crippen LogP contribution < -0.4 is 5.32 Å². The first-order valence-corrected chi connectivity index (χ1v) is 5.99. The van der Waals surface area contributed by atoms with Gasteiger partial charge in [-0.05, 0) is 24.3 Å². The molecule has 19 heavy (non-hydrogen) atoms. The highest BCUT2D eigenvalue weighted by molar-refractivity contribution is 6.02. The summed E-state index contributed by atoms with van der Waals surface area (Å²) in [6, 6.07) is 7.44. The topological polar surface area (TPSA) is 57.8 Å². The van der Waals surface area contributed by atoms with Crippen LogP contribution >= 0.6 is 0 Å². The zero-order chi connectivity index (χ0) is 14.0. The van der Waals surface area contributed by atoms with Crippen molar-refractivity contribution in [3.05, 3.63) is 47.5 Å². The van der Waals surface area contributed by atoms with Crippen LogP contribution in [0.5, 0.6) is 0 Å². The number of carbonyl (C=O) groups excluding carboxylic acids is 1. The van der Waals surface area contributed by atoms with Crippen molar-refractivity contribution in [1.29, 1.82) is 0 Å². The predicted octanol–water partition coefficient (Wildman–Crippen LogP) is 3.10. The van der Waals surface area contributed by atoms with Gasteiger partial charge in [0.1, 0.15) is 5.82 Å². The zero-order valence-corrected chi connectivity index (χ0v) is 11.1. The van der Waals surface area contributed by atoms with E-state index in [9.17, 15) is 9.18 Å². The Morgan fingerprint density at radius 1 is 1.32 bits per heavy atom. The van der Waals surface area contributed by atoms with Crippen LogP contribution in [0.25, 0.3) is 0 Å². The fraction of sp³-hybridized carbons (Fsp3) is 0.286. The number of hydrogen-bond donors (Lipinski definition) is 2. The first kappa shape index (κ1) is 13.3. The highest BCUT2D eigenvalue weighted by Gasteiger charge is 2.19. The molecule has 100 valence electrons. The average Bonchev–Trinajstić information content (AvgIpc) is 2.77. The molecule has 0 atom stereocenters. The fourth-order valence-electron chi connectivity index (χ4n) is 1.58. The lowest BCUT2D eigenvalue weighted by molar-refractivity contribution is 0.102. The maximum atomic E-state index is 13.0. The van der Waals surface area contributed by atoms with Gasteiger partial charge in [0.2, 0.25) is 0 Å². The van der Waals surface area contributed by atoms with Gasteiger partial charge in [-0.2, -0.15) is 5.10 Å². The first-order chi connectivity index (χ1) is 8.86. The van der Waals surface area contributed by atoms with E-state index in [0.717, 1.165) is 5.69 Å². The average molecular weight is 261 g/mol. The molecule has 0 saturated heterocycles. The van der Waals surface area contributed by atoms with Gasteiger partial charge in [-0.25, -0.2) is 4.39 Å². The standard InChI is InChI=1S/C14H16FN3O/c1-14(2,3)12-8-11(17-18-12)13(19)16-10-6-4-5-9(15)7-10/h4-8H,1-3H3,(H,16,19)(H,17,18). The predicted molar refractivity (Wildman–Crippen MR) is 71.6 cm³/mol. The van der Waals surface area contributed by atoms with Crippen LogP contribution in [-0.4, -0.2) is 16.1 Å². The normalized spacial score (nSPS) is 11.4. The number of amides is 1. The number of halogens is 1. The Balaban J connectivity index is 2.14.